The molecule has 118 valence electrons. The molecule has 3 heterocycles. The first-order valence-electron chi connectivity index (χ1n) is 7.04. The molecule has 22 heavy (non-hydrogen) atoms. The van der Waals surface area contributed by atoms with Crippen molar-refractivity contribution >= 4 is 21.5 Å². The molecule has 0 spiro atoms. The van der Waals surface area contributed by atoms with Gasteiger partial charge in [-0.15, -0.1) is 5.10 Å². The van der Waals surface area contributed by atoms with Gasteiger partial charge in [0.15, 0.2) is 9.84 Å². The minimum atomic E-state index is -2.94. The molecule has 1 unspecified atom stereocenters. The molecule has 9 heteroatoms. The first kappa shape index (κ1) is 14.9. The summed E-state index contributed by atoms with van der Waals surface area (Å²) in [7, 11) is -2.94. The number of hydrogen-bond donors (Lipinski definition) is 1. The highest BCUT2D eigenvalue weighted by atomic mass is 32.2. The van der Waals surface area contributed by atoms with Gasteiger partial charge in [0.1, 0.15) is 0 Å². The molecule has 1 amide bonds. The van der Waals surface area contributed by atoms with Crippen molar-refractivity contribution < 1.29 is 13.2 Å². The van der Waals surface area contributed by atoms with Gasteiger partial charge in [0.25, 0.3) is 11.7 Å². The van der Waals surface area contributed by atoms with Gasteiger partial charge in [-0.3, -0.25) is 4.79 Å². The van der Waals surface area contributed by atoms with Crippen molar-refractivity contribution in [1.29, 1.82) is 0 Å². The van der Waals surface area contributed by atoms with Crippen LogP contribution in [0.15, 0.2) is 6.07 Å². The molecule has 0 aliphatic carbocycles. The largest absolute Gasteiger partial charge is 0.349 e. The van der Waals surface area contributed by atoms with Crippen LogP contribution in [0.4, 0.5) is 0 Å². The molecule has 0 radical (unpaired) electrons. The zero-order chi connectivity index (χ0) is 15.9. The summed E-state index contributed by atoms with van der Waals surface area (Å²) >= 11 is 0. The fraction of sp³-hybridized carbons (Fsp3) is 0.538. The van der Waals surface area contributed by atoms with Crippen molar-refractivity contribution in [3.05, 3.63) is 23.3 Å². The maximum Gasteiger partial charge on any atom is 0.291 e. The lowest BCUT2D eigenvalue weighted by atomic mass is 10.1. The Kier molecular flexibility index (Phi) is 3.59. The number of nitrogens with one attached hydrogen (secondary N) is 1. The van der Waals surface area contributed by atoms with E-state index >= 15 is 0 Å². The van der Waals surface area contributed by atoms with E-state index in [-0.39, 0.29) is 23.2 Å². The average molecular weight is 323 g/mol. The standard InChI is InChI=1S/C13H17N5O3S/c1-8-5-9(2)18-13(15-8)16-11(17-18)12(19)14-6-10-3-4-22(20,21)7-10/h5,10H,3-4,6-7H2,1-2H3,(H,14,19). The highest BCUT2D eigenvalue weighted by Crippen LogP contribution is 2.17. The third-order valence-electron chi connectivity index (χ3n) is 3.70. The maximum atomic E-state index is 12.1. The van der Waals surface area contributed by atoms with Crippen molar-refractivity contribution in [2.45, 2.75) is 20.3 Å². The van der Waals surface area contributed by atoms with Gasteiger partial charge in [-0.1, -0.05) is 0 Å². The molecule has 1 fully saturated rings. The van der Waals surface area contributed by atoms with Crippen LogP contribution in [-0.2, 0) is 9.84 Å². The van der Waals surface area contributed by atoms with Crippen molar-refractivity contribution in [1.82, 2.24) is 24.9 Å². The molecule has 8 nitrogen and oxygen atoms in total. The lowest BCUT2D eigenvalue weighted by molar-refractivity contribution is 0.0938. The molecule has 2 aromatic heterocycles. The van der Waals surface area contributed by atoms with Gasteiger partial charge in [-0.2, -0.15) is 4.98 Å². The van der Waals surface area contributed by atoms with E-state index in [1.165, 1.54) is 4.52 Å². The fourth-order valence-corrected chi connectivity index (χ4v) is 4.47. The van der Waals surface area contributed by atoms with Gasteiger partial charge in [0, 0.05) is 17.9 Å². The Morgan fingerprint density at radius 2 is 2.18 bits per heavy atom. The average Bonchev–Trinajstić information content (AvgIpc) is 2.99. The van der Waals surface area contributed by atoms with Crippen LogP contribution in [0.2, 0.25) is 0 Å². The zero-order valence-corrected chi connectivity index (χ0v) is 13.2. The van der Waals surface area contributed by atoms with E-state index in [9.17, 15) is 13.2 Å². The third-order valence-corrected chi connectivity index (χ3v) is 5.54. The second kappa shape index (κ2) is 5.31. The Hall–Kier alpha value is -2.03. The molecule has 0 bridgehead atoms. The van der Waals surface area contributed by atoms with Crippen LogP contribution in [-0.4, -0.2) is 52.0 Å². The van der Waals surface area contributed by atoms with E-state index in [4.69, 9.17) is 0 Å². The number of carbonyl (C=O) groups excluding carboxylic acids is 1. The summed E-state index contributed by atoms with van der Waals surface area (Å²) in [4.78, 5) is 20.4. The Bertz CT molecular complexity index is 843. The van der Waals surface area contributed by atoms with E-state index in [0.29, 0.717) is 18.7 Å². The molecule has 1 aliphatic rings. The van der Waals surface area contributed by atoms with Crippen LogP contribution < -0.4 is 5.32 Å². The molecule has 1 N–H and O–H groups in total. The maximum absolute atomic E-state index is 12.1. The highest BCUT2D eigenvalue weighted by molar-refractivity contribution is 7.91. The van der Waals surface area contributed by atoms with Crippen LogP contribution in [0.1, 0.15) is 28.4 Å². The molecule has 0 aromatic carbocycles. The van der Waals surface area contributed by atoms with Crippen LogP contribution in [0.5, 0.6) is 0 Å². The van der Waals surface area contributed by atoms with Gasteiger partial charge in [-0.05, 0) is 32.3 Å². The topological polar surface area (TPSA) is 106 Å². The first-order valence-corrected chi connectivity index (χ1v) is 8.86. The number of amides is 1. The smallest absolute Gasteiger partial charge is 0.291 e. The lowest BCUT2D eigenvalue weighted by Crippen LogP contribution is -2.30. The van der Waals surface area contributed by atoms with Gasteiger partial charge < -0.3 is 5.32 Å². The van der Waals surface area contributed by atoms with Gasteiger partial charge in [0.2, 0.25) is 5.82 Å². The van der Waals surface area contributed by atoms with Crippen molar-refractivity contribution in [3.63, 3.8) is 0 Å². The number of nitrogens with zero attached hydrogens (tertiary/aromatic N) is 4. The fourth-order valence-electron chi connectivity index (χ4n) is 2.61. The second-order valence-corrected chi connectivity index (χ2v) is 7.89. The normalized spacial score (nSPS) is 20.4. The molecule has 0 saturated carbocycles. The minimum Gasteiger partial charge on any atom is -0.349 e. The van der Waals surface area contributed by atoms with E-state index in [2.05, 4.69) is 20.4 Å². The number of rotatable bonds is 3. The molecule has 1 aliphatic heterocycles. The lowest BCUT2D eigenvalue weighted by Gasteiger charge is -2.07. The van der Waals surface area contributed by atoms with Crippen LogP contribution in [0.3, 0.4) is 0 Å². The van der Waals surface area contributed by atoms with Crippen LogP contribution in [0.25, 0.3) is 5.78 Å². The molecule has 1 atom stereocenters. The number of fused-ring (bicyclic) bond motifs is 1. The summed E-state index contributed by atoms with van der Waals surface area (Å²) in [5.74, 6) is 0.307. The molecule has 3 rings (SSSR count). The molecule has 1 saturated heterocycles. The molecular weight excluding hydrogens is 306 g/mol. The van der Waals surface area contributed by atoms with Crippen molar-refractivity contribution in [2.24, 2.45) is 5.92 Å². The van der Waals surface area contributed by atoms with Gasteiger partial charge in [-0.25, -0.2) is 17.9 Å². The van der Waals surface area contributed by atoms with Crippen LogP contribution >= 0.6 is 0 Å². The highest BCUT2D eigenvalue weighted by Gasteiger charge is 2.28. The van der Waals surface area contributed by atoms with Gasteiger partial charge in [0.05, 0.1) is 11.5 Å². The Morgan fingerprint density at radius 3 is 2.86 bits per heavy atom. The number of sulfone groups is 1. The number of aryl methyl sites for hydroxylation is 2. The molecular formula is C13H17N5O3S. The monoisotopic (exact) mass is 323 g/mol. The third kappa shape index (κ3) is 2.94. The Labute approximate surface area is 127 Å². The SMILES string of the molecule is Cc1cc(C)n2nc(C(=O)NCC3CCS(=O)(=O)C3)nc2n1. The number of aromatic nitrogens is 4. The summed E-state index contributed by atoms with van der Waals surface area (Å²) in [6.07, 6.45) is 0.584. The van der Waals surface area contributed by atoms with Crippen molar-refractivity contribution in [3.8, 4) is 0 Å². The minimum absolute atomic E-state index is 0.0342. The van der Waals surface area contributed by atoms with E-state index < -0.39 is 15.7 Å². The predicted octanol–water partition coefficient (Wildman–Crippen LogP) is -0.0944. The number of carbonyl (C=O) groups is 1. The van der Waals surface area contributed by atoms with Gasteiger partial charge >= 0.3 is 0 Å². The first-order chi connectivity index (χ1) is 10.3. The van der Waals surface area contributed by atoms with E-state index in [1.54, 1.807) is 0 Å². The summed E-state index contributed by atoms with van der Waals surface area (Å²) in [5, 5.41) is 6.84. The van der Waals surface area contributed by atoms with Crippen molar-refractivity contribution in [2.75, 3.05) is 18.1 Å². The van der Waals surface area contributed by atoms with Crippen LogP contribution in [0, 0.1) is 19.8 Å². The summed E-state index contributed by atoms with van der Waals surface area (Å²) in [6, 6.07) is 1.85. The predicted molar refractivity (Wildman–Crippen MR) is 79.4 cm³/mol. The Morgan fingerprint density at radius 1 is 1.41 bits per heavy atom. The molecule has 2 aromatic rings. The number of hydrogen-bond acceptors (Lipinski definition) is 6. The van der Waals surface area contributed by atoms with E-state index in [0.717, 1.165) is 11.4 Å². The zero-order valence-electron chi connectivity index (χ0n) is 12.4. The summed E-state index contributed by atoms with van der Waals surface area (Å²) < 4.78 is 24.3. The summed E-state index contributed by atoms with van der Waals surface area (Å²) in [6.45, 7) is 4.03. The Balaban J connectivity index is 1.71. The van der Waals surface area contributed by atoms with E-state index in [1.807, 2.05) is 19.9 Å². The second-order valence-electron chi connectivity index (χ2n) is 5.67. The summed E-state index contributed by atoms with van der Waals surface area (Å²) in [5.41, 5.74) is 1.65. The quantitative estimate of drug-likeness (QED) is 0.846.